The van der Waals surface area contributed by atoms with Gasteiger partial charge in [-0.2, -0.15) is 12.6 Å². The Morgan fingerprint density at radius 1 is 1.40 bits per heavy atom. The average Bonchev–Trinajstić information content (AvgIpc) is 1.91. The minimum Gasteiger partial charge on any atom is -0.376 e. The molecule has 0 aromatic carbocycles. The summed E-state index contributed by atoms with van der Waals surface area (Å²) in [5, 5.41) is 0. The standard InChI is InChI=1S/C8H17NS/c1-4-9(5-2)8(3)6-7-10/h10H,3-7H2,1-2H3. The lowest BCUT2D eigenvalue weighted by molar-refractivity contribution is 0.374. The number of rotatable bonds is 5. The molecule has 1 nitrogen and oxygen atoms in total. The highest BCUT2D eigenvalue weighted by Crippen LogP contribution is 2.05. The van der Waals surface area contributed by atoms with Crippen LogP contribution in [0.25, 0.3) is 0 Å². The molecule has 0 bridgehead atoms. The van der Waals surface area contributed by atoms with Crippen LogP contribution in [0.3, 0.4) is 0 Å². The van der Waals surface area contributed by atoms with Crippen LogP contribution >= 0.6 is 12.6 Å². The van der Waals surface area contributed by atoms with E-state index >= 15 is 0 Å². The smallest absolute Gasteiger partial charge is 0.0146 e. The van der Waals surface area contributed by atoms with Gasteiger partial charge in [0.25, 0.3) is 0 Å². The molecular weight excluding hydrogens is 142 g/mol. The quantitative estimate of drug-likeness (QED) is 0.602. The normalized spacial score (nSPS) is 9.50. The molecule has 0 rings (SSSR count). The van der Waals surface area contributed by atoms with Gasteiger partial charge in [0.1, 0.15) is 0 Å². The lowest BCUT2D eigenvalue weighted by atomic mass is 10.3. The van der Waals surface area contributed by atoms with Crippen molar-refractivity contribution < 1.29 is 0 Å². The molecular formula is C8H17NS. The van der Waals surface area contributed by atoms with Gasteiger partial charge in [0.15, 0.2) is 0 Å². The number of allylic oxidation sites excluding steroid dienone is 1. The van der Waals surface area contributed by atoms with Crippen LogP contribution in [0.1, 0.15) is 20.3 Å². The van der Waals surface area contributed by atoms with E-state index in [1.807, 2.05) is 0 Å². The van der Waals surface area contributed by atoms with E-state index in [9.17, 15) is 0 Å². The first-order valence-electron chi connectivity index (χ1n) is 3.79. The summed E-state index contributed by atoms with van der Waals surface area (Å²) in [6.45, 7) is 10.4. The zero-order valence-corrected chi connectivity index (χ0v) is 7.82. The molecule has 0 aliphatic carbocycles. The summed E-state index contributed by atoms with van der Waals surface area (Å²) in [7, 11) is 0. The predicted molar refractivity (Wildman–Crippen MR) is 50.5 cm³/mol. The SMILES string of the molecule is C=C(CCS)N(CC)CC. The van der Waals surface area contributed by atoms with Crippen molar-refractivity contribution in [1.82, 2.24) is 4.90 Å². The monoisotopic (exact) mass is 159 g/mol. The number of hydrogen-bond donors (Lipinski definition) is 1. The largest absolute Gasteiger partial charge is 0.376 e. The number of nitrogens with zero attached hydrogens (tertiary/aromatic N) is 1. The zero-order chi connectivity index (χ0) is 7.98. The second kappa shape index (κ2) is 5.66. The van der Waals surface area contributed by atoms with E-state index in [1.54, 1.807) is 0 Å². The lowest BCUT2D eigenvalue weighted by Crippen LogP contribution is -2.21. The van der Waals surface area contributed by atoms with Gasteiger partial charge >= 0.3 is 0 Å². The van der Waals surface area contributed by atoms with Gasteiger partial charge < -0.3 is 4.90 Å². The molecule has 0 aliphatic heterocycles. The van der Waals surface area contributed by atoms with Crippen LogP contribution in [0.15, 0.2) is 12.3 Å². The Labute approximate surface area is 69.5 Å². The first-order chi connectivity index (χ1) is 4.76. The highest BCUT2D eigenvalue weighted by atomic mass is 32.1. The summed E-state index contributed by atoms with van der Waals surface area (Å²) in [6.07, 6.45) is 1.00. The maximum atomic E-state index is 4.14. The third-order valence-corrected chi connectivity index (χ3v) is 1.83. The predicted octanol–water partition coefficient (Wildman–Crippen LogP) is 2.16. The molecule has 0 aliphatic rings. The molecule has 2 heteroatoms. The summed E-state index contributed by atoms with van der Waals surface area (Å²) in [5.41, 5.74) is 1.21. The van der Waals surface area contributed by atoms with Crippen LogP contribution in [-0.2, 0) is 0 Å². The molecule has 0 unspecified atom stereocenters. The van der Waals surface area contributed by atoms with Crippen LogP contribution in [0.2, 0.25) is 0 Å². The molecule has 60 valence electrons. The van der Waals surface area contributed by atoms with E-state index in [0.717, 1.165) is 25.3 Å². The maximum Gasteiger partial charge on any atom is 0.0146 e. The number of hydrogen-bond acceptors (Lipinski definition) is 2. The van der Waals surface area contributed by atoms with Gasteiger partial charge in [-0.3, -0.25) is 0 Å². The van der Waals surface area contributed by atoms with E-state index < -0.39 is 0 Å². The van der Waals surface area contributed by atoms with E-state index in [-0.39, 0.29) is 0 Å². The topological polar surface area (TPSA) is 3.24 Å². The van der Waals surface area contributed by atoms with Gasteiger partial charge in [-0.25, -0.2) is 0 Å². The van der Waals surface area contributed by atoms with Crippen molar-refractivity contribution in [1.29, 1.82) is 0 Å². The van der Waals surface area contributed by atoms with Crippen LogP contribution in [0.4, 0.5) is 0 Å². The fourth-order valence-corrected chi connectivity index (χ4v) is 1.22. The van der Waals surface area contributed by atoms with Gasteiger partial charge in [-0.05, 0) is 26.0 Å². The summed E-state index contributed by atoms with van der Waals surface area (Å²) < 4.78 is 0. The minimum atomic E-state index is 0.898. The summed E-state index contributed by atoms with van der Waals surface area (Å²) >= 11 is 4.14. The molecule has 0 spiro atoms. The second-order valence-electron chi connectivity index (χ2n) is 2.21. The molecule has 0 saturated carbocycles. The van der Waals surface area contributed by atoms with E-state index in [4.69, 9.17) is 0 Å². The molecule has 0 radical (unpaired) electrons. The van der Waals surface area contributed by atoms with Crippen molar-refractivity contribution in [3.63, 3.8) is 0 Å². The first-order valence-corrected chi connectivity index (χ1v) is 4.43. The van der Waals surface area contributed by atoms with Gasteiger partial charge in [0.05, 0.1) is 0 Å². The Hall–Kier alpha value is -0.110. The van der Waals surface area contributed by atoms with Gasteiger partial charge in [0, 0.05) is 18.8 Å². The Kier molecular flexibility index (Phi) is 5.60. The van der Waals surface area contributed by atoms with E-state index in [0.29, 0.717) is 0 Å². The number of thiol groups is 1. The molecule has 0 aromatic rings. The highest BCUT2D eigenvalue weighted by molar-refractivity contribution is 7.80. The fraction of sp³-hybridized carbons (Fsp3) is 0.750. The maximum absolute atomic E-state index is 4.14. The molecule has 0 saturated heterocycles. The van der Waals surface area contributed by atoms with Crippen molar-refractivity contribution in [2.75, 3.05) is 18.8 Å². The summed E-state index contributed by atoms with van der Waals surface area (Å²) in [6, 6.07) is 0. The second-order valence-corrected chi connectivity index (χ2v) is 2.66. The molecule has 0 amide bonds. The van der Waals surface area contributed by atoms with Crippen LogP contribution in [0, 0.1) is 0 Å². The van der Waals surface area contributed by atoms with Gasteiger partial charge in [-0.1, -0.05) is 6.58 Å². The van der Waals surface area contributed by atoms with Gasteiger partial charge in [-0.15, -0.1) is 0 Å². The molecule has 0 fully saturated rings. The Balaban J connectivity index is 3.65. The first kappa shape index (κ1) is 9.89. The third-order valence-electron chi connectivity index (χ3n) is 1.61. The molecule has 0 atom stereocenters. The van der Waals surface area contributed by atoms with Crippen molar-refractivity contribution in [2.24, 2.45) is 0 Å². The highest BCUT2D eigenvalue weighted by Gasteiger charge is 1.99. The lowest BCUT2D eigenvalue weighted by Gasteiger charge is -2.22. The zero-order valence-electron chi connectivity index (χ0n) is 6.93. The Bertz CT molecular complexity index is 97.4. The van der Waals surface area contributed by atoms with Crippen LogP contribution in [-0.4, -0.2) is 23.7 Å². The van der Waals surface area contributed by atoms with Crippen molar-refractivity contribution in [3.8, 4) is 0 Å². The summed E-state index contributed by atoms with van der Waals surface area (Å²) in [4.78, 5) is 2.26. The van der Waals surface area contributed by atoms with E-state index in [2.05, 4.69) is 38.0 Å². The van der Waals surface area contributed by atoms with Crippen molar-refractivity contribution in [3.05, 3.63) is 12.3 Å². The molecule has 0 aromatic heterocycles. The Morgan fingerprint density at radius 2 is 1.90 bits per heavy atom. The van der Waals surface area contributed by atoms with Crippen molar-refractivity contribution in [2.45, 2.75) is 20.3 Å². The molecule has 0 N–H and O–H groups in total. The van der Waals surface area contributed by atoms with Crippen LogP contribution in [0.5, 0.6) is 0 Å². The molecule has 10 heavy (non-hydrogen) atoms. The van der Waals surface area contributed by atoms with Crippen LogP contribution < -0.4 is 0 Å². The third kappa shape index (κ3) is 3.16. The average molecular weight is 159 g/mol. The van der Waals surface area contributed by atoms with Crippen molar-refractivity contribution >= 4 is 12.6 Å². The minimum absolute atomic E-state index is 0.898. The Morgan fingerprint density at radius 3 is 2.20 bits per heavy atom. The molecule has 0 heterocycles. The van der Waals surface area contributed by atoms with Gasteiger partial charge in [0.2, 0.25) is 0 Å². The van der Waals surface area contributed by atoms with E-state index in [1.165, 1.54) is 5.70 Å². The fourth-order valence-electron chi connectivity index (χ4n) is 0.958. The summed E-state index contributed by atoms with van der Waals surface area (Å²) in [5.74, 6) is 0.898.